The summed E-state index contributed by atoms with van der Waals surface area (Å²) in [5.74, 6) is -0.460. The average molecular weight is 286 g/mol. The van der Waals surface area contributed by atoms with Gasteiger partial charge in [0.1, 0.15) is 0 Å². The molecule has 3 aromatic heterocycles. The molecule has 3 rings (SSSR count). The Kier molecular flexibility index (Phi) is 3.19. The van der Waals surface area contributed by atoms with Gasteiger partial charge in [0.25, 0.3) is 5.91 Å². The number of nitrogens with two attached hydrogens (primary N) is 1. The van der Waals surface area contributed by atoms with Crippen LogP contribution in [0.5, 0.6) is 0 Å². The van der Waals surface area contributed by atoms with E-state index in [0.29, 0.717) is 23.5 Å². The molecule has 106 valence electrons. The van der Waals surface area contributed by atoms with E-state index in [1.807, 2.05) is 0 Å². The monoisotopic (exact) mass is 286 g/mol. The van der Waals surface area contributed by atoms with Gasteiger partial charge in [0.15, 0.2) is 11.6 Å². The molecule has 0 bridgehead atoms. The highest BCUT2D eigenvalue weighted by atomic mass is 19.1. The summed E-state index contributed by atoms with van der Waals surface area (Å²) < 4.78 is 14.2. The molecule has 0 aliphatic carbocycles. The number of rotatable bonds is 4. The number of carbonyl (C=O) groups excluding carboxylic acids is 1. The Morgan fingerprint density at radius 1 is 1.38 bits per heavy atom. The first-order chi connectivity index (χ1) is 10.1. The maximum absolute atomic E-state index is 12.9. The zero-order valence-electron chi connectivity index (χ0n) is 10.8. The van der Waals surface area contributed by atoms with Crippen LogP contribution in [-0.2, 0) is 6.42 Å². The molecule has 0 radical (unpaired) electrons. The molecule has 7 nitrogen and oxygen atoms in total. The zero-order chi connectivity index (χ0) is 14.8. The minimum absolute atomic E-state index is 0.355. The van der Waals surface area contributed by atoms with Crippen LogP contribution in [-0.4, -0.2) is 30.9 Å². The first kappa shape index (κ1) is 13.0. The van der Waals surface area contributed by atoms with Gasteiger partial charge in [0.2, 0.25) is 0 Å². The Labute approximate surface area is 118 Å². The summed E-state index contributed by atoms with van der Waals surface area (Å²) in [5.41, 5.74) is 7.01. The summed E-state index contributed by atoms with van der Waals surface area (Å²) in [7, 11) is 0. The third-order valence-electron chi connectivity index (χ3n) is 2.95. The number of pyridine rings is 1. The molecule has 0 aliphatic rings. The SMILES string of the molecule is NC(=O)c1c[nH]nc1Cc1ccc(-n2cc(F)cn2)nc1. The van der Waals surface area contributed by atoms with Crippen molar-refractivity contribution in [3.8, 4) is 5.82 Å². The van der Waals surface area contributed by atoms with Crippen molar-refractivity contribution in [2.75, 3.05) is 0 Å². The topological polar surface area (TPSA) is 102 Å². The number of hydrogen-bond donors (Lipinski definition) is 2. The van der Waals surface area contributed by atoms with E-state index in [9.17, 15) is 9.18 Å². The standard InChI is InChI=1S/C13H11FN6O/c14-9-5-18-20(7-9)12-2-1-8(4-16-12)3-11-10(13(15)21)6-17-19-11/h1-2,4-7H,3H2,(H2,15,21)(H,17,19). The van der Waals surface area contributed by atoms with Crippen molar-refractivity contribution in [3.05, 3.63) is 59.6 Å². The minimum atomic E-state index is -0.532. The van der Waals surface area contributed by atoms with Gasteiger partial charge in [-0.25, -0.2) is 14.1 Å². The second kappa shape index (κ2) is 5.16. The number of H-pyrrole nitrogens is 1. The van der Waals surface area contributed by atoms with Gasteiger partial charge in [-0.1, -0.05) is 6.07 Å². The second-order valence-corrected chi connectivity index (χ2v) is 4.41. The average Bonchev–Trinajstić information content (AvgIpc) is 3.09. The molecule has 0 aliphatic heterocycles. The van der Waals surface area contributed by atoms with E-state index >= 15 is 0 Å². The van der Waals surface area contributed by atoms with Crippen LogP contribution in [0.1, 0.15) is 21.6 Å². The van der Waals surface area contributed by atoms with Crippen LogP contribution < -0.4 is 5.73 Å². The minimum Gasteiger partial charge on any atom is -0.365 e. The smallest absolute Gasteiger partial charge is 0.252 e. The van der Waals surface area contributed by atoms with Gasteiger partial charge in [-0.15, -0.1) is 0 Å². The maximum atomic E-state index is 12.9. The number of carbonyl (C=O) groups is 1. The van der Waals surface area contributed by atoms with E-state index in [4.69, 9.17) is 5.73 Å². The number of aromatic nitrogens is 5. The molecule has 1 amide bonds. The normalized spacial score (nSPS) is 10.7. The van der Waals surface area contributed by atoms with Crippen molar-refractivity contribution in [3.63, 3.8) is 0 Å². The summed E-state index contributed by atoms with van der Waals surface area (Å²) in [6, 6.07) is 3.51. The zero-order valence-corrected chi connectivity index (χ0v) is 10.8. The lowest BCUT2D eigenvalue weighted by Gasteiger charge is -2.03. The molecule has 0 atom stereocenters. The van der Waals surface area contributed by atoms with Crippen molar-refractivity contribution < 1.29 is 9.18 Å². The lowest BCUT2D eigenvalue weighted by atomic mass is 10.1. The highest BCUT2D eigenvalue weighted by molar-refractivity contribution is 5.93. The van der Waals surface area contributed by atoms with Crippen molar-refractivity contribution >= 4 is 5.91 Å². The first-order valence-electron chi connectivity index (χ1n) is 6.11. The Hall–Kier alpha value is -3.03. The van der Waals surface area contributed by atoms with E-state index in [1.54, 1.807) is 18.3 Å². The molecule has 3 N–H and O–H groups in total. The van der Waals surface area contributed by atoms with Gasteiger partial charge in [0.05, 0.1) is 23.7 Å². The Balaban J connectivity index is 1.81. The van der Waals surface area contributed by atoms with Gasteiger partial charge in [-0.3, -0.25) is 9.89 Å². The van der Waals surface area contributed by atoms with Gasteiger partial charge >= 0.3 is 0 Å². The summed E-state index contributed by atoms with van der Waals surface area (Å²) in [6.45, 7) is 0. The highest BCUT2D eigenvalue weighted by Gasteiger charge is 2.11. The summed E-state index contributed by atoms with van der Waals surface area (Å²) >= 11 is 0. The van der Waals surface area contributed by atoms with Crippen molar-refractivity contribution in [2.45, 2.75) is 6.42 Å². The lowest BCUT2D eigenvalue weighted by Crippen LogP contribution is -2.12. The molecule has 0 fully saturated rings. The van der Waals surface area contributed by atoms with Crippen LogP contribution in [0.3, 0.4) is 0 Å². The fraction of sp³-hybridized carbons (Fsp3) is 0.0769. The maximum Gasteiger partial charge on any atom is 0.252 e. The van der Waals surface area contributed by atoms with E-state index in [2.05, 4.69) is 20.3 Å². The quantitative estimate of drug-likeness (QED) is 0.741. The molecule has 0 saturated carbocycles. The fourth-order valence-corrected chi connectivity index (χ4v) is 1.94. The van der Waals surface area contributed by atoms with Gasteiger partial charge in [0, 0.05) is 18.8 Å². The van der Waals surface area contributed by atoms with E-state index in [0.717, 1.165) is 11.8 Å². The first-order valence-corrected chi connectivity index (χ1v) is 6.11. The van der Waals surface area contributed by atoms with Gasteiger partial charge < -0.3 is 5.73 Å². The Morgan fingerprint density at radius 3 is 2.86 bits per heavy atom. The van der Waals surface area contributed by atoms with E-state index in [-0.39, 0.29) is 0 Å². The molecular formula is C13H11FN6O. The van der Waals surface area contributed by atoms with Crippen molar-refractivity contribution in [1.82, 2.24) is 25.0 Å². The van der Waals surface area contributed by atoms with E-state index in [1.165, 1.54) is 17.1 Å². The second-order valence-electron chi connectivity index (χ2n) is 4.41. The molecular weight excluding hydrogens is 275 g/mol. The molecule has 3 aromatic rings. The van der Waals surface area contributed by atoms with Crippen LogP contribution >= 0.6 is 0 Å². The molecule has 8 heteroatoms. The molecule has 0 spiro atoms. The number of halogens is 1. The summed E-state index contributed by atoms with van der Waals surface area (Å²) in [5, 5.41) is 10.4. The summed E-state index contributed by atoms with van der Waals surface area (Å²) in [4.78, 5) is 15.4. The number of hydrogen-bond acceptors (Lipinski definition) is 4. The van der Waals surface area contributed by atoms with Crippen LogP contribution in [0.15, 0.2) is 36.9 Å². The van der Waals surface area contributed by atoms with E-state index < -0.39 is 11.7 Å². The van der Waals surface area contributed by atoms with Crippen molar-refractivity contribution in [1.29, 1.82) is 0 Å². The number of nitrogens with one attached hydrogen (secondary N) is 1. The molecule has 3 heterocycles. The van der Waals surface area contributed by atoms with Crippen LogP contribution in [0, 0.1) is 5.82 Å². The number of aromatic amines is 1. The third kappa shape index (κ3) is 2.64. The third-order valence-corrected chi connectivity index (χ3v) is 2.95. The van der Waals surface area contributed by atoms with Crippen LogP contribution in [0.4, 0.5) is 4.39 Å². The van der Waals surface area contributed by atoms with Crippen molar-refractivity contribution in [2.24, 2.45) is 5.73 Å². The number of nitrogens with zero attached hydrogens (tertiary/aromatic N) is 4. The van der Waals surface area contributed by atoms with Crippen LogP contribution in [0.2, 0.25) is 0 Å². The van der Waals surface area contributed by atoms with Crippen LogP contribution in [0.25, 0.3) is 5.82 Å². The number of amides is 1. The largest absolute Gasteiger partial charge is 0.365 e. The molecule has 0 aromatic carbocycles. The Morgan fingerprint density at radius 2 is 2.24 bits per heavy atom. The highest BCUT2D eigenvalue weighted by Crippen LogP contribution is 2.12. The molecule has 0 saturated heterocycles. The number of primary amides is 1. The van der Waals surface area contributed by atoms with Gasteiger partial charge in [-0.2, -0.15) is 10.2 Å². The predicted molar refractivity (Wildman–Crippen MR) is 71.2 cm³/mol. The Bertz CT molecular complexity index is 776. The molecule has 0 unspecified atom stereocenters. The van der Waals surface area contributed by atoms with Gasteiger partial charge in [-0.05, 0) is 11.6 Å². The fourth-order valence-electron chi connectivity index (χ4n) is 1.94. The molecule has 21 heavy (non-hydrogen) atoms. The summed E-state index contributed by atoms with van der Waals surface area (Å²) in [6.07, 6.45) is 5.85. The lowest BCUT2D eigenvalue weighted by molar-refractivity contribution is 0.0999. The predicted octanol–water partition coefficient (Wildman–Crippen LogP) is 0.819.